The molecule has 2 aromatic carbocycles. The molecule has 0 aliphatic carbocycles. The molecule has 1 amide bonds. The number of benzene rings is 2. The van der Waals surface area contributed by atoms with Crippen LogP contribution in [0.5, 0.6) is 0 Å². The van der Waals surface area contributed by atoms with Crippen LogP contribution >= 0.6 is 0 Å². The molecule has 4 aromatic heterocycles. The number of nitrogens with zero attached hydrogens (tertiary/aromatic N) is 10. The number of hydrogen-bond donors (Lipinski definition) is 2. The first-order chi connectivity index (χ1) is 33.8. The number of hydrogen-bond acceptors (Lipinski definition) is 13. The highest BCUT2D eigenvalue weighted by Crippen LogP contribution is 2.34. The van der Waals surface area contributed by atoms with Crippen LogP contribution in [0.1, 0.15) is 80.8 Å². The molecule has 0 bridgehead atoms. The van der Waals surface area contributed by atoms with Gasteiger partial charge in [0, 0.05) is 84.1 Å². The number of piperidine rings is 2. The number of rotatable bonds is 15. The monoisotopic (exact) mass is 997 g/mol. The third kappa shape index (κ3) is 14.3. The molecular weight excluding hydrogens is 925 g/mol. The highest BCUT2D eigenvalue weighted by molar-refractivity contribution is 6.76. The molecule has 0 spiro atoms. The summed E-state index contributed by atoms with van der Waals surface area (Å²) in [4.78, 5) is 27.0. The summed E-state index contributed by atoms with van der Waals surface area (Å²) in [5.74, 6) is 1.83. The lowest BCUT2D eigenvalue weighted by atomic mass is 9.94. The average Bonchev–Trinajstić information content (AvgIpc) is 3.98. The Morgan fingerprint density at radius 3 is 1.80 bits per heavy atom. The van der Waals surface area contributed by atoms with Gasteiger partial charge in [-0.2, -0.15) is 29.8 Å². The lowest BCUT2D eigenvalue weighted by Gasteiger charge is -2.34. The first-order valence-electron chi connectivity index (χ1n) is 24.9. The molecule has 71 heavy (non-hydrogen) atoms. The van der Waals surface area contributed by atoms with Crippen LogP contribution in [-0.2, 0) is 14.2 Å². The van der Waals surface area contributed by atoms with Gasteiger partial charge in [0.05, 0.1) is 47.0 Å². The van der Waals surface area contributed by atoms with E-state index in [4.69, 9.17) is 40.3 Å². The van der Waals surface area contributed by atoms with Gasteiger partial charge in [-0.05, 0) is 100 Å². The van der Waals surface area contributed by atoms with Gasteiger partial charge in [-0.15, -0.1) is 0 Å². The van der Waals surface area contributed by atoms with Gasteiger partial charge < -0.3 is 35.1 Å². The van der Waals surface area contributed by atoms with Crippen molar-refractivity contribution in [3.63, 3.8) is 0 Å². The quantitative estimate of drug-likeness (QED) is 0.0561. The fraction of sp³-hybridized carbons (Fsp3) is 0.491. The third-order valence-electron chi connectivity index (χ3n) is 12.7. The van der Waals surface area contributed by atoms with E-state index in [-0.39, 0.29) is 12.0 Å². The molecule has 8 rings (SSSR count). The number of nitrogens with two attached hydrogens (primary N) is 1. The second-order valence-electron chi connectivity index (χ2n) is 22.2. The van der Waals surface area contributed by atoms with Gasteiger partial charge in [-0.1, -0.05) is 63.5 Å². The molecule has 0 saturated carbocycles. The van der Waals surface area contributed by atoms with Crippen molar-refractivity contribution in [1.29, 1.82) is 10.5 Å². The Bertz CT molecular complexity index is 2810. The van der Waals surface area contributed by atoms with Crippen LogP contribution < -0.4 is 16.0 Å². The topological polar surface area (TPSA) is 197 Å². The molecule has 2 aliphatic rings. The largest absolute Gasteiger partial charge is 0.444 e. The van der Waals surface area contributed by atoms with E-state index in [0.717, 1.165) is 96.0 Å². The maximum absolute atomic E-state index is 13.1. The van der Waals surface area contributed by atoms with Gasteiger partial charge in [0.15, 0.2) is 11.3 Å². The average molecular weight is 997 g/mol. The van der Waals surface area contributed by atoms with Crippen LogP contribution in [-0.4, -0.2) is 115 Å². The van der Waals surface area contributed by atoms with Crippen molar-refractivity contribution in [3.05, 3.63) is 95.6 Å². The summed E-state index contributed by atoms with van der Waals surface area (Å²) in [6, 6.07) is 25.4. The van der Waals surface area contributed by atoms with Gasteiger partial charge in [0.25, 0.3) is 0 Å². The van der Waals surface area contributed by atoms with Crippen molar-refractivity contribution in [2.24, 2.45) is 0 Å². The number of ether oxygens (including phenoxy) is 3. The van der Waals surface area contributed by atoms with Gasteiger partial charge in [0.2, 0.25) is 0 Å². The summed E-state index contributed by atoms with van der Waals surface area (Å²) < 4.78 is 21.9. The SMILES string of the molecule is CC(C)(C)OC(=O)N1CCCC(c2cc(N(COCC[Si](C)(C)C)COCC[Si](C)(C)C)n3ncc(-c4ccc(C#N)cc4)c3n2)C1.N#Cc1ccc(-c2cnn3c(N)cc(C4CCCNC4)nc23)cc1. The molecule has 2 saturated heterocycles. The minimum atomic E-state index is -1.27. The van der Waals surface area contributed by atoms with Crippen LogP contribution in [0.15, 0.2) is 73.1 Å². The van der Waals surface area contributed by atoms with Gasteiger partial charge in [-0.3, -0.25) is 0 Å². The molecule has 2 atom stereocenters. The predicted octanol–water partition coefficient (Wildman–Crippen LogP) is 10.1. The Morgan fingerprint density at radius 2 is 1.30 bits per heavy atom. The van der Waals surface area contributed by atoms with E-state index in [1.165, 1.54) is 0 Å². The first kappa shape index (κ1) is 52.7. The molecule has 0 radical (unpaired) electrons. The standard InChI is InChI=1S/C35H54N6O4Si2.C18H18N6/c1-35(2,3)45-34(42)39-16-10-11-29(24-39)31-21-32(40(25-43-17-19-46(4,5)6)26-44-18-20-47(7,8)9)41-33(38-31)30(23-37-41)28-14-12-27(22-36)13-15-28;19-9-12-3-5-13(6-4-12)15-11-22-24-17(20)8-16(23-18(15)24)14-2-1-7-21-10-14/h12-15,21,23,29H,10-11,16-20,24-26H2,1-9H3;3-6,8,11,14,21H,1-2,7,10,20H2. The molecule has 2 unspecified atom stereocenters. The van der Waals surface area contributed by atoms with Crippen LogP contribution in [0.2, 0.25) is 51.4 Å². The van der Waals surface area contributed by atoms with E-state index in [1.807, 2.05) is 73.9 Å². The Kier molecular flexibility index (Phi) is 17.0. The predicted molar refractivity (Wildman–Crippen MR) is 286 cm³/mol. The molecule has 3 N–H and O–H groups in total. The molecule has 376 valence electrons. The minimum absolute atomic E-state index is 0.0196. The van der Waals surface area contributed by atoms with Gasteiger partial charge in [-0.25, -0.2) is 14.8 Å². The van der Waals surface area contributed by atoms with Crippen molar-refractivity contribution >= 4 is 45.2 Å². The lowest BCUT2D eigenvalue weighted by molar-refractivity contribution is 0.0197. The summed E-state index contributed by atoms with van der Waals surface area (Å²) in [7, 11) is -2.54. The molecular formula is C53H72N12O4Si2. The van der Waals surface area contributed by atoms with E-state index < -0.39 is 21.7 Å². The maximum atomic E-state index is 13.1. The van der Waals surface area contributed by atoms with E-state index in [2.05, 4.69) is 72.8 Å². The van der Waals surface area contributed by atoms with Crippen molar-refractivity contribution in [2.75, 3.05) is 63.5 Å². The molecule has 16 nitrogen and oxygen atoms in total. The molecule has 6 heterocycles. The normalized spacial score (nSPS) is 16.5. The maximum Gasteiger partial charge on any atom is 0.410 e. The summed E-state index contributed by atoms with van der Waals surface area (Å²) in [5.41, 5.74) is 14.0. The number of amides is 1. The number of anilines is 2. The third-order valence-corrected chi connectivity index (χ3v) is 16.1. The number of carbonyl (C=O) groups excluding carboxylic acids is 1. The zero-order valence-corrected chi connectivity index (χ0v) is 45.2. The number of nitrogen functional groups attached to an aromatic ring is 1. The fourth-order valence-electron chi connectivity index (χ4n) is 8.56. The summed E-state index contributed by atoms with van der Waals surface area (Å²) in [6.07, 6.45) is 7.36. The highest BCUT2D eigenvalue weighted by atomic mass is 28.3. The van der Waals surface area contributed by atoms with Gasteiger partial charge in [0.1, 0.15) is 30.7 Å². The van der Waals surface area contributed by atoms with Crippen LogP contribution in [0.4, 0.5) is 16.4 Å². The van der Waals surface area contributed by atoms with Crippen LogP contribution in [0, 0.1) is 22.7 Å². The number of likely N-dealkylation sites (tertiary alicyclic amines) is 1. The minimum Gasteiger partial charge on any atom is -0.444 e. The number of carbonyl (C=O) groups is 1. The molecule has 6 aromatic rings. The zero-order chi connectivity index (χ0) is 50.9. The van der Waals surface area contributed by atoms with Crippen molar-refractivity contribution in [2.45, 2.75) is 115 Å². The van der Waals surface area contributed by atoms with Gasteiger partial charge >= 0.3 is 6.09 Å². The number of fused-ring (bicyclic) bond motifs is 2. The Morgan fingerprint density at radius 1 is 0.775 bits per heavy atom. The van der Waals surface area contributed by atoms with E-state index >= 15 is 0 Å². The fourth-order valence-corrected chi connectivity index (χ4v) is 10.1. The highest BCUT2D eigenvalue weighted by Gasteiger charge is 2.31. The Balaban J connectivity index is 0.000000256. The summed E-state index contributed by atoms with van der Waals surface area (Å²) in [6.45, 7) is 25.1. The zero-order valence-electron chi connectivity index (χ0n) is 43.2. The molecule has 2 aliphatic heterocycles. The smallest absolute Gasteiger partial charge is 0.410 e. The summed E-state index contributed by atoms with van der Waals surface area (Å²) >= 11 is 0. The van der Waals surface area contributed by atoms with E-state index in [9.17, 15) is 10.1 Å². The summed E-state index contributed by atoms with van der Waals surface area (Å²) in [5, 5.41) is 30.9. The number of aromatic nitrogens is 6. The number of nitrogens with one attached hydrogen (secondary N) is 1. The first-order valence-corrected chi connectivity index (χ1v) is 32.3. The van der Waals surface area contributed by atoms with Crippen molar-refractivity contribution in [1.82, 2.24) is 39.4 Å². The van der Waals surface area contributed by atoms with Crippen molar-refractivity contribution < 1.29 is 19.0 Å². The van der Waals surface area contributed by atoms with E-state index in [1.54, 1.807) is 27.7 Å². The van der Waals surface area contributed by atoms with E-state index in [0.29, 0.717) is 68.3 Å². The van der Waals surface area contributed by atoms with Crippen LogP contribution in [0.25, 0.3) is 33.5 Å². The van der Waals surface area contributed by atoms with Crippen molar-refractivity contribution in [3.8, 4) is 34.4 Å². The van der Waals surface area contributed by atoms with Crippen LogP contribution in [0.3, 0.4) is 0 Å². The second-order valence-corrected chi connectivity index (χ2v) is 33.4. The molecule has 2 fully saturated rings. The number of nitriles is 2. The second kappa shape index (κ2) is 22.9. The Hall–Kier alpha value is -6.16. The molecule has 18 heteroatoms. The lowest BCUT2D eigenvalue weighted by Crippen LogP contribution is -2.42. The Labute approximate surface area is 421 Å².